The molecule has 0 fully saturated rings. The minimum Gasteiger partial charge on any atom is -0.476 e. The summed E-state index contributed by atoms with van der Waals surface area (Å²) in [6, 6.07) is 22.9. The lowest BCUT2D eigenvalue weighted by Crippen LogP contribution is -2.32. The molecular formula is C28H26N4O4S2. The second-order valence-corrected chi connectivity index (χ2v) is 11.7. The van der Waals surface area contributed by atoms with Crippen LogP contribution in [0.4, 0.5) is 5.13 Å². The second kappa shape index (κ2) is 10.1. The number of hydrazone groups is 1. The van der Waals surface area contributed by atoms with Gasteiger partial charge in [0.2, 0.25) is 15.2 Å². The molecule has 1 aliphatic rings. The van der Waals surface area contributed by atoms with E-state index < -0.39 is 16.0 Å². The largest absolute Gasteiger partial charge is 0.476 e. The molecule has 3 N–H and O–H groups in total. The summed E-state index contributed by atoms with van der Waals surface area (Å²) in [6.45, 7) is 4.11. The van der Waals surface area contributed by atoms with Crippen LogP contribution in [0.1, 0.15) is 34.1 Å². The van der Waals surface area contributed by atoms with Gasteiger partial charge in [0.25, 0.3) is 0 Å². The molecule has 1 aromatic heterocycles. The fourth-order valence-corrected chi connectivity index (χ4v) is 6.04. The van der Waals surface area contributed by atoms with Gasteiger partial charge in [-0.2, -0.15) is 5.10 Å². The molecule has 0 saturated heterocycles. The zero-order valence-corrected chi connectivity index (χ0v) is 22.4. The number of anilines is 1. The number of hydrogen-bond acceptors (Lipinski definition) is 7. The maximum absolute atomic E-state index is 11.7. The van der Waals surface area contributed by atoms with E-state index in [1.165, 1.54) is 28.8 Å². The number of carbonyl (C=O) groups is 1. The van der Waals surface area contributed by atoms with Crippen LogP contribution in [0.15, 0.2) is 88.2 Å². The van der Waals surface area contributed by atoms with E-state index in [1.807, 2.05) is 25.1 Å². The van der Waals surface area contributed by atoms with E-state index in [0.29, 0.717) is 11.6 Å². The molecule has 1 aliphatic heterocycles. The highest BCUT2D eigenvalue weighted by Crippen LogP contribution is 2.36. The van der Waals surface area contributed by atoms with Crippen LogP contribution >= 0.6 is 11.3 Å². The van der Waals surface area contributed by atoms with E-state index in [-0.39, 0.29) is 22.5 Å². The lowest BCUT2D eigenvalue weighted by atomic mass is 9.85. The molecule has 0 radical (unpaired) electrons. The molecule has 3 aromatic carbocycles. The fourth-order valence-electron chi connectivity index (χ4n) is 4.68. The van der Waals surface area contributed by atoms with Crippen LogP contribution in [0.3, 0.4) is 0 Å². The van der Waals surface area contributed by atoms with Gasteiger partial charge in [0.1, 0.15) is 0 Å². The number of carboxylic acid groups (broad SMARTS) is 1. The fraction of sp³-hybridized carbons (Fsp3) is 0.179. The third-order valence-corrected chi connectivity index (χ3v) is 8.53. The van der Waals surface area contributed by atoms with Gasteiger partial charge in [-0.25, -0.2) is 28.3 Å². The quantitative estimate of drug-likeness (QED) is 0.338. The number of aromatic carboxylic acids is 1. The van der Waals surface area contributed by atoms with Crippen molar-refractivity contribution in [1.82, 2.24) is 4.98 Å². The van der Waals surface area contributed by atoms with Crippen LogP contribution < -0.4 is 10.1 Å². The van der Waals surface area contributed by atoms with E-state index in [1.54, 1.807) is 17.1 Å². The summed E-state index contributed by atoms with van der Waals surface area (Å²) in [6.07, 6.45) is 0.590. The van der Waals surface area contributed by atoms with Gasteiger partial charge in [-0.1, -0.05) is 54.6 Å². The van der Waals surface area contributed by atoms with Gasteiger partial charge in [-0.15, -0.1) is 11.3 Å². The van der Waals surface area contributed by atoms with Gasteiger partial charge >= 0.3 is 5.97 Å². The molecule has 4 aromatic rings. The normalized spacial score (nSPS) is 17.4. The summed E-state index contributed by atoms with van der Waals surface area (Å²) in [4.78, 5) is 15.8. The van der Waals surface area contributed by atoms with Crippen LogP contribution in [0.5, 0.6) is 0 Å². The molecule has 10 heteroatoms. The average Bonchev–Trinajstić information content (AvgIpc) is 3.50. The second-order valence-electron chi connectivity index (χ2n) is 9.29. The van der Waals surface area contributed by atoms with E-state index >= 15 is 0 Å². The SMILES string of the molecule is Cc1ccc(C2=NN(c3nc(C(=O)O)cs3)C(C)C2Cc2ccc(S(N)(=O)=O)cc2)cc1-c1ccccc1. The van der Waals surface area contributed by atoms with Crippen LogP contribution in [-0.2, 0) is 16.4 Å². The number of aromatic nitrogens is 1. The number of thiazole rings is 1. The first-order valence-corrected chi connectivity index (χ1v) is 14.4. The van der Waals surface area contributed by atoms with E-state index in [4.69, 9.17) is 10.2 Å². The molecule has 194 valence electrons. The average molecular weight is 547 g/mol. The number of benzene rings is 3. The van der Waals surface area contributed by atoms with Crippen LogP contribution in [-0.4, -0.2) is 36.2 Å². The molecular weight excluding hydrogens is 520 g/mol. The number of carboxylic acids is 1. The number of sulfonamides is 1. The molecule has 0 saturated carbocycles. The van der Waals surface area contributed by atoms with Gasteiger partial charge < -0.3 is 5.11 Å². The smallest absolute Gasteiger partial charge is 0.355 e. The first-order chi connectivity index (χ1) is 18.1. The maximum Gasteiger partial charge on any atom is 0.355 e. The first-order valence-electron chi connectivity index (χ1n) is 12.0. The van der Waals surface area contributed by atoms with Gasteiger partial charge in [-0.3, -0.25) is 0 Å². The minimum absolute atomic E-state index is 0.0160. The lowest BCUT2D eigenvalue weighted by Gasteiger charge is -2.23. The van der Waals surface area contributed by atoms with Gasteiger partial charge in [0, 0.05) is 11.3 Å². The van der Waals surface area contributed by atoms with E-state index in [2.05, 4.69) is 42.2 Å². The molecule has 8 nitrogen and oxygen atoms in total. The van der Waals surface area contributed by atoms with Crippen molar-refractivity contribution >= 4 is 38.2 Å². The Hall–Kier alpha value is -3.86. The topological polar surface area (TPSA) is 126 Å². The summed E-state index contributed by atoms with van der Waals surface area (Å²) in [7, 11) is -3.78. The van der Waals surface area contributed by atoms with Crippen molar-refractivity contribution in [2.45, 2.75) is 31.2 Å². The van der Waals surface area contributed by atoms with Crippen molar-refractivity contribution < 1.29 is 18.3 Å². The van der Waals surface area contributed by atoms with Crippen LogP contribution in [0, 0.1) is 12.8 Å². The minimum atomic E-state index is -3.78. The highest BCUT2D eigenvalue weighted by molar-refractivity contribution is 7.89. The number of hydrogen-bond donors (Lipinski definition) is 2. The van der Waals surface area contributed by atoms with Crippen molar-refractivity contribution in [2.24, 2.45) is 16.2 Å². The van der Waals surface area contributed by atoms with Crippen LogP contribution in [0.2, 0.25) is 0 Å². The van der Waals surface area contributed by atoms with Crippen molar-refractivity contribution in [3.63, 3.8) is 0 Å². The zero-order valence-electron chi connectivity index (χ0n) is 20.8. The summed E-state index contributed by atoms with van der Waals surface area (Å²) in [5, 5.41) is 23.4. The Kier molecular flexibility index (Phi) is 6.87. The summed E-state index contributed by atoms with van der Waals surface area (Å²) >= 11 is 1.24. The number of primary sulfonamides is 1. The van der Waals surface area contributed by atoms with Crippen molar-refractivity contribution in [1.29, 1.82) is 0 Å². The predicted molar refractivity (Wildman–Crippen MR) is 149 cm³/mol. The Balaban J connectivity index is 1.56. The molecule has 2 heterocycles. The highest BCUT2D eigenvalue weighted by Gasteiger charge is 2.37. The van der Waals surface area contributed by atoms with Crippen molar-refractivity contribution in [2.75, 3.05) is 5.01 Å². The Bertz CT molecular complexity index is 1630. The zero-order chi connectivity index (χ0) is 27.0. The van der Waals surface area contributed by atoms with Crippen molar-refractivity contribution in [3.05, 3.63) is 101 Å². The Morgan fingerprint density at radius 1 is 1.05 bits per heavy atom. The maximum atomic E-state index is 11.7. The molecule has 0 aliphatic carbocycles. The first kappa shape index (κ1) is 25.8. The van der Waals surface area contributed by atoms with Crippen molar-refractivity contribution in [3.8, 4) is 11.1 Å². The molecule has 0 spiro atoms. The monoisotopic (exact) mass is 546 g/mol. The van der Waals surface area contributed by atoms with Gasteiger partial charge in [0.05, 0.1) is 16.6 Å². The van der Waals surface area contributed by atoms with E-state index in [9.17, 15) is 18.3 Å². The van der Waals surface area contributed by atoms with Crippen LogP contribution in [0.25, 0.3) is 11.1 Å². The standard InChI is InChI=1S/C28H26N4O4S2/c1-17-8-11-21(15-23(17)20-6-4-3-5-7-20)26-24(14-19-9-12-22(13-10-19)38(29,35)36)18(2)32(31-26)28-30-25(16-37-28)27(33)34/h3-13,15-16,18,24H,14H2,1-2H3,(H,33,34)(H2,29,35,36). The number of rotatable bonds is 7. The summed E-state index contributed by atoms with van der Waals surface area (Å²) < 4.78 is 23.4. The molecule has 5 rings (SSSR count). The molecule has 2 unspecified atom stereocenters. The summed E-state index contributed by atoms with van der Waals surface area (Å²) in [5.41, 5.74) is 6.10. The highest BCUT2D eigenvalue weighted by atomic mass is 32.2. The lowest BCUT2D eigenvalue weighted by molar-refractivity contribution is 0.0691. The Morgan fingerprint density at radius 3 is 2.39 bits per heavy atom. The molecule has 0 bridgehead atoms. The molecule has 2 atom stereocenters. The summed E-state index contributed by atoms with van der Waals surface area (Å²) in [5.74, 6) is -1.15. The third kappa shape index (κ3) is 5.10. The Morgan fingerprint density at radius 2 is 1.76 bits per heavy atom. The molecule has 38 heavy (non-hydrogen) atoms. The number of nitrogens with two attached hydrogens (primary N) is 1. The van der Waals surface area contributed by atoms with Gasteiger partial charge in [0.15, 0.2) is 5.69 Å². The predicted octanol–water partition coefficient (Wildman–Crippen LogP) is 4.94. The van der Waals surface area contributed by atoms with E-state index in [0.717, 1.165) is 33.5 Å². The number of nitrogens with zero attached hydrogens (tertiary/aromatic N) is 3. The molecule has 0 amide bonds. The third-order valence-electron chi connectivity index (χ3n) is 6.77. The number of aryl methyl sites for hydroxylation is 1. The van der Waals surface area contributed by atoms with Gasteiger partial charge in [-0.05, 0) is 66.3 Å². The Labute approximate surface area is 225 Å².